The number of hydrogen-bond donors (Lipinski definition) is 2. The van der Waals surface area contributed by atoms with E-state index in [4.69, 9.17) is 14.6 Å². The van der Waals surface area contributed by atoms with E-state index in [0.29, 0.717) is 5.56 Å². The number of phenolic OH excluding ortho intramolecular Hbond substituents is 1. The molecule has 0 aromatic heterocycles. The SMILES string of the molecule is COc1cc(C(=O)C=Cc2ccc(O)c([N+](=O)[O-])c2)ccc1OCC(=O)O. The number of benzene rings is 2. The highest BCUT2D eigenvalue weighted by molar-refractivity contribution is 6.07. The van der Waals surface area contributed by atoms with Crippen LogP contribution in [0.1, 0.15) is 15.9 Å². The number of hydrogen-bond acceptors (Lipinski definition) is 7. The number of nitrogens with zero attached hydrogens (tertiary/aromatic N) is 1. The minimum atomic E-state index is -1.15. The third-order valence-electron chi connectivity index (χ3n) is 3.42. The molecule has 0 radical (unpaired) electrons. The first-order chi connectivity index (χ1) is 12.8. The fraction of sp³-hybridized carbons (Fsp3) is 0.111. The van der Waals surface area contributed by atoms with Crippen LogP contribution >= 0.6 is 0 Å². The minimum absolute atomic E-state index is 0.176. The predicted molar refractivity (Wildman–Crippen MR) is 94.3 cm³/mol. The molecule has 0 saturated heterocycles. The number of rotatable bonds is 8. The summed E-state index contributed by atoms with van der Waals surface area (Å²) in [6.45, 7) is -0.552. The molecule has 0 fully saturated rings. The van der Waals surface area contributed by atoms with E-state index in [9.17, 15) is 24.8 Å². The number of aliphatic carboxylic acids is 1. The molecular formula is C18H15NO8. The summed E-state index contributed by atoms with van der Waals surface area (Å²) in [4.78, 5) is 33.0. The lowest BCUT2D eigenvalue weighted by Gasteiger charge is -2.09. The van der Waals surface area contributed by atoms with E-state index in [2.05, 4.69) is 0 Å². The average Bonchev–Trinajstić information content (AvgIpc) is 2.64. The van der Waals surface area contributed by atoms with Gasteiger partial charge in [-0.2, -0.15) is 0 Å². The standard InChI is InChI=1S/C18H15NO8/c1-26-17-9-12(4-7-16(17)27-10-18(22)23)14(20)5-2-11-3-6-15(21)13(8-11)19(24)25/h2-9,21H,10H2,1H3,(H,22,23). The van der Waals surface area contributed by atoms with E-state index >= 15 is 0 Å². The second kappa shape index (κ2) is 8.48. The Hall–Kier alpha value is -3.88. The Balaban J connectivity index is 2.20. The van der Waals surface area contributed by atoms with Gasteiger partial charge in [-0.1, -0.05) is 12.1 Å². The number of phenols is 1. The molecule has 0 aliphatic heterocycles. The van der Waals surface area contributed by atoms with Crippen LogP contribution in [0.25, 0.3) is 6.08 Å². The summed E-state index contributed by atoms with van der Waals surface area (Å²) in [7, 11) is 1.35. The number of carboxylic acids is 1. The van der Waals surface area contributed by atoms with Crippen molar-refractivity contribution in [3.63, 3.8) is 0 Å². The highest BCUT2D eigenvalue weighted by atomic mass is 16.6. The maximum Gasteiger partial charge on any atom is 0.341 e. The lowest BCUT2D eigenvalue weighted by atomic mass is 10.1. The number of carboxylic acid groups (broad SMARTS) is 1. The van der Waals surface area contributed by atoms with E-state index < -0.39 is 34.7 Å². The van der Waals surface area contributed by atoms with Crippen molar-refractivity contribution in [2.45, 2.75) is 0 Å². The first-order valence-corrected chi connectivity index (χ1v) is 7.54. The van der Waals surface area contributed by atoms with Gasteiger partial charge in [-0.25, -0.2) is 4.79 Å². The zero-order chi connectivity index (χ0) is 20.0. The Bertz CT molecular complexity index is 920. The molecule has 0 heterocycles. The molecule has 0 aliphatic rings. The Labute approximate surface area is 153 Å². The Kier molecular flexibility index (Phi) is 6.10. The number of nitro benzene ring substituents is 1. The first kappa shape index (κ1) is 19.4. The normalized spacial score (nSPS) is 10.6. The quantitative estimate of drug-likeness (QED) is 0.312. The molecule has 2 aromatic carbocycles. The van der Waals surface area contributed by atoms with Crippen molar-refractivity contribution in [2.24, 2.45) is 0 Å². The van der Waals surface area contributed by atoms with Crippen molar-refractivity contribution in [2.75, 3.05) is 13.7 Å². The molecule has 0 spiro atoms. The molecule has 0 unspecified atom stereocenters. The second-order valence-corrected chi connectivity index (χ2v) is 5.25. The first-order valence-electron chi connectivity index (χ1n) is 7.54. The van der Waals surface area contributed by atoms with E-state index in [1.165, 1.54) is 49.6 Å². The van der Waals surface area contributed by atoms with Crippen LogP contribution in [0.2, 0.25) is 0 Å². The molecule has 0 bridgehead atoms. The highest BCUT2D eigenvalue weighted by Crippen LogP contribution is 2.29. The van der Waals surface area contributed by atoms with E-state index in [1.807, 2.05) is 0 Å². The van der Waals surface area contributed by atoms with Crippen molar-refractivity contribution >= 4 is 23.5 Å². The topological polar surface area (TPSA) is 136 Å². The zero-order valence-corrected chi connectivity index (χ0v) is 14.1. The van der Waals surface area contributed by atoms with Crippen molar-refractivity contribution in [1.29, 1.82) is 0 Å². The third kappa shape index (κ3) is 5.05. The molecule has 140 valence electrons. The van der Waals surface area contributed by atoms with Crippen molar-refractivity contribution in [1.82, 2.24) is 0 Å². The Morgan fingerprint density at radius 1 is 1.19 bits per heavy atom. The minimum Gasteiger partial charge on any atom is -0.502 e. The number of carbonyl (C=O) groups excluding carboxylic acids is 1. The number of methoxy groups -OCH3 is 1. The van der Waals surface area contributed by atoms with E-state index in [1.54, 1.807) is 0 Å². The van der Waals surface area contributed by atoms with Gasteiger partial charge < -0.3 is 19.7 Å². The van der Waals surface area contributed by atoms with Gasteiger partial charge >= 0.3 is 11.7 Å². The van der Waals surface area contributed by atoms with Crippen LogP contribution in [-0.2, 0) is 4.79 Å². The molecule has 9 heteroatoms. The van der Waals surface area contributed by atoms with Crippen LogP contribution in [-0.4, -0.2) is 40.6 Å². The van der Waals surface area contributed by atoms with Crippen LogP contribution < -0.4 is 9.47 Å². The molecule has 2 aromatic rings. The molecule has 0 amide bonds. The van der Waals surface area contributed by atoms with Crippen molar-refractivity contribution in [3.05, 3.63) is 63.7 Å². The largest absolute Gasteiger partial charge is 0.502 e. The molecule has 2 rings (SSSR count). The summed E-state index contributed by atoms with van der Waals surface area (Å²) < 4.78 is 10.1. The lowest BCUT2D eigenvalue weighted by Crippen LogP contribution is -2.10. The molecule has 2 N–H and O–H groups in total. The summed E-state index contributed by atoms with van der Waals surface area (Å²) in [5, 5.41) is 28.9. The molecule has 27 heavy (non-hydrogen) atoms. The van der Waals surface area contributed by atoms with Gasteiger partial charge in [0.15, 0.2) is 29.6 Å². The maximum atomic E-state index is 12.3. The monoisotopic (exact) mass is 373 g/mol. The lowest BCUT2D eigenvalue weighted by molar-refractivity contribution is -0.385. The number of ether oxygens (including phenoxy) is 2. The molecule has 0 aliphatic carbocycles. The van der Waals surface area contributed by atoms with Crippen LogP contribution in [0.4, 0.5) is 5.69 Å². The second-order valence-electron chi connectivity index (χ2n) is 5.25. The van der Waals surface area contributed by atoms with Gasteiger partial charge in [0.1, 0.15) is 0 Å². The Morgan fingerprint density at radius 2 is 1.93 bits per heavy atom. The van der Waals surface area contributed by atoms with Crippen LogP contribution in [0.15, 0.2) is 42.5 Å². The van der Waals surface area contributed by atoms with Crippen molar-refractivity contribution < 1.29 is 34.2 Å². The fourth-order valence-electron chi connectivity index (χ4n) is 2.14. The van der Waals surface area contributed by atoms with Gasteiger partial charge in [-0.15, -0.1) is 0 Å². The summed E-state index contributed by atoms with van der Waals surface area (Å²) in [6, 6.07) is 7.97. The number of allylic oxidation sites excluding steroid dienone is 1. The van der Waals surface area contributed by atoms with E-state index in [-0.39, 0.29) is 17.1 Å². The van der Waals surface area contributed by atoms with Gasteiger partial charge in [-0.05, 0) is 35.9 Å². The summed E-state index contributed by atoms with van der Waals surface area (Å²) in [6.07, 6.45) is 2.58. The van der Waals surface area contributed by atoms with Gasteiger partial charge in [0.2, 0.25) is 0 Å². The molecule has 0 saturated carbocycles. The number of aromatic hydroxyl groups is 1. The summed E-state index contributed by atoms with van der Waals surface area (Å²) >= 11 is 0. The van der Waals surface area contributed by atoms with Crippen LogP contribution in [0, 0.1) is 10.1 Å². The molecule has 0 atom stereocenters. The highest BCUT2D eigenvalue weighted by Gasteiger charge is 2.13. The number of ketones is 1. The zero-order valence-electron chi connectivity index (χ0n) is 14.1. The van der Waals surface area contributed by atoms with Gasteiger partial charge in [0, 0.05) is 11.6 Å². The smallest absolute Gasteiger partial charge is 0.341 e. The fourth-order valence-corrected chi connectivity index (χ4v) is 2.14. The van der Waals surface area contributed by atoms with E-state index in [0.717, 1.165) is 6.07 Å². The predicted octanol–water partition coefficient (Wildman–Crippen LogP) is 2.67. The van der Waals surface area contributed by atoms with Crippen LogP contribution in [0.3, 0.4) is 0 Å². The Morgan fingerprint density at radius 3 is 2.56 bits per heavy atom. The summed E-state index contributed by atoms with van der Waals surface area (Å²) in [5.41, 5.74) is 0.145. The van der Waals surface area contributed by atoms with Crippen molar-refractivity contribution in [3.8, 4) is 17.2 Å². The average molecular weight is 373 g/mol. The molecule has 9 nitrogen and oxygen atoms in total. The number of nitro groups is 1. The van der Waals surface area contributed by atoms with Gasteiger partial charge in [0.25, 0.3) is 0 Å². The van der Waals surface area contributed by atoms with Crippen LogP contribution in [0.5, 0.6) is 17.2 Å². The van der Waals surface area contributed by atoms with Gasteiger partial charge in [0.05, 0.1) is 12.0 Å². The van der Waals surface area contributed by atoms with Gasteiger partial charge in [-0.3, -0.25) is 14.9 Å². The summed E-state index contributed by atoms with van der Waals surface area (Å²) in [5.74, 6) is -1.66. The third-order valence-corrected chi connectivity index (χ3v) is 3.42. The number of carbonyl (C=O) groups is 2. The molecular weight excluding hydrogens is 358 g/mol. The maximum absolute atomic E-state index is 12.3.